The number of fused-ring (bicyclic) bond motifs is 1. The Labute approximate surface area is 117 Å². The number of hydrogen-bond donors (Lipinski definition) is 2. The second-order valence-corrected chi connectivity index (χ2v) is 6.37. The van der Waals surface area contributed by atoms with E-state index in [-0.39, 0.29) is 6.10 Å². The van der Waals surface area contributed by atoms with E-state index in [0.29, 0.717) is 17.7 Å². The Morgan fingerprint density at radius 1 is 1.37 bits per heavy atom. The molecule has 2 rings (SSSR count). The van der Waals surface area contributed by atoms with E-state index in [9.17, 15) is 0 Å². The minimum atomic E-state index is 0.115. The third kappa shape index (κ3) is 3.33. The first-order chi connectivity index (χ1) is 8.99. The van der Waals surface area contributed by atoms with Crippen molar-refractivity contribution in [3.05, 3.63) is 10.9 Å². The number of nitrogens with zero attached hydrogens (tertiary/aromatic N) is 2. The zero-order chi connectivity index (χ0) is 14.0. The minimum absolute atomic E-state index is 0.115. The Kier molecular flexibility index (Phi) is 4.21. The fourth-order valence-corrected chi connectivity index (χ4v) is 2.94. The third-order valence-electron chi connectivity index (χ3n) is 2.73. The Morgan fingerprint density at radius 2 is 2.11 bits per heavy atom. The fourth-order valence-electron chi connectivity index (χ4n) is 2.07. The molecule has 2 aromatic rings. The minimum Gasteiger partial charge on any atom is -0.474 e. The lowest BCUT2D eigenvalue weighted by molar-refractivity contribution is 0.188. The number of hydrazine groups is 1. The number of aryl methyl sites for hydroxylation is 1. The summed E-state index contributed by atoms with van der Waals surface area (Å²) in [6.45, 7) is 8.46. The zero-order valence-electron chi connectivity index (χ0n) is 11.7. The lowest BCUT2D eigenvalue weighted by atomic mass is 10.1. The SMILES string of the molecule is Cc1cc2c(OC(C)CC(C)C)nc(NN)nc2s1. The number of anilines is 1. The maximum absolute atomic E-state index is 5.95. The predicted molar refractivity (Wildman–Crippen MR) is 79.5 cm³/mol. The third-order valence-corrected chi connectivity index (χ3v) is 3.67. The van der Waals surface area contributed by atoms with E-state index in [1.165, 1.54) is 4.88 Å². The molecule has 3 N–H and O–H groups in total. The van der Waals surface area contributed by atoms with E-state index in [1.807, 2.05) is 6.92 Å². The molecule has 0 saturated carbocycles. The Hall–Kier alpha value is -1.40. The van der Waals surface area contributed by atoms with Crippen LogP contribution < -0.4 is 16.0 Å². The number of rotatable bonds is 5. The van der Waals surface area contributed by atoms with Crippen molar-refractivity contribution in [1.82, 2.24) is 9.97 Å². The highest BCUT2D eigenvalue weighted by atomic mass is 32.1. The maximum atomic E-state index is 5.95. The van der Waals surface area contributed by atoms with Gasteiger partial charge >= 0.3 is 0 Å². The lowest BCUT2D eigenvalue weighted by Gasteiger charge is -2.16. The Morgan fingerprint density at radius 3 is 2.74 bits per heavy atom. The highest BCUT2D eigenvalue weighted by molar-refractivity contribution is 7.18. The van der Waals surface area contributed by atoms with Gasteiger partial charge in [0.15, 0.2) is 0 Å². The molecule has 104 valence electrons. The summed E-state index contributed by atoms with van der Waals surface area (Å²) < 4.78 is 5.95. The van der Waals surface area contributed by atoms with Crippen LogP contribution in [0.3, 0.4) is 0 Å². The van der Waals surface area contributed by atoms with Crippen molar-refractivity contribution in [3.63, 3.8) is 0 Å². The average Bonchev–Trinajstić information content (AvgIpc) is 2.68. The van der Waals surface area contributed by atoms with Crippen molar-refractivity contribution in [2.24, 2.45) is 11.8 Å². The molecule has 5 nitrogen and oxygen atoms in total. The first-order valence-corrected chi connectivity index (χ1v) is 7.22. The molecule has 0 aliphatic heterocycles. The van der Waals surface area contributed by atoms with Crippen LogP contribution in [-0.4, -0.2) is 16.1 Å². The molecule has 0 spiro atoms. The summed E-state index contributed by atoms with van der Waals surface area (Å²) in [6.07, 6.45) is 1.10. The van der Waals surface area contributed by atoms with Crippen molar-refractivity contribution in [2.75, 3.05) is 5.43 Å². The van der Waals surface area contributed by atoms with E-state index < -0.39 is 0 Å². The van der Waals surface area contributed by atoms with Gasteiger partial charge in [0.1, 0.15) is 4.83 Å². The Balaban J connectivity index is 2.34. The molecule has 0 saturated heterocycles. The molecule has 0 amide bonds. The molecule has 2 heterocycles. The number of nitrogen functional groups attached to an aromatic ring is 1. The van der Waals surface area contributed by atoms with E-state index in [2.05, 4.69) is 42.2 Å². The van der Waals surface area contributed by atoms with Gasteiger partial charge in [-0.2, -0.15) is 4.98 Å². The van der Waals surface area contributed by atoms with Gasteiger partial charge in [0, 0.05) is 4.88 Å². The molecule has 0 bridgehead atoms. The summed E-state index contributed by atoms with van der Waals surface area (Å²) in [6, 6.07) is 2.05. The summed E-state index contributed by atoms with van der Waals surface area (Å²) in [5.74, 6) is 6.99. The molecule has 19 heavy (non-hydrogen) atoms. The highest BCUT2D eigenvalue weighted by Crippen LogP contribution is 2.31. The largest absolute Gasteiger partial charge is 0.474 e. The van der Waals surface area contributed by atoms with Crippen LogP contribution in [0.1, 0.15) is 32.1 Å². The van der Waals surface area contributed by atoms with E-state index in [4.69, 9.17) is 10.6 Å². The van der Waals surface area contributed by atoms with Gasteiger partial charge in [-0.1, -0.05) is 13.8 Å². The summed E-state index contributed by atoms with van der Waals surface area (Å²) in [5, 5.41) is 0.956. The monoisotopic (exact) mass is 280 g/mol. The number of nitrogens with two attached hydrogens (primary N) is 1. The van der Waals surface area contributed by atoms with Crippen LogP contribution >= 0.6 is 11.3 Å². The van der Waals surface area contributed by atoms with Crippen LogP contribution in [0.5, 0.6) is 5.88 Å². The molecule has 0 fully saturated rings. The standard InChI is InChI=1S/C13H20N4OS/c1-7(2)5-8(3)18-11-10-6-9(4)19-12(10)16-13(15-11)17-14/h6-8H,5,14H2,1-4H3,(H,15,16,17). The van der Waals surface area contributed by atoms with E-state index in [0.717, 1.165) is 16.6 Å². The second-order valence-electron chi connectivity index (χ2n) is 5.13. The fraction of sp³-hybridized carbons (Fsp3) is 0.538. The first-order valence-electron chi connectivity index (χ1n) is 6.41. The lowest BCUT2D eigenvalue weighted by Crippen LogP contribution is -2.17. The molecular formula is C13H20N4OS. The summed E-state index contributed by atoms with van der Waals surface area (Å²) in [7, 11) is 0. The van der Waals surface area contributed by atoms with Crippen molar-refractivity contribution in [3.8, 4) is 5.88 Å². The van der Waals surface area contributed by atoms with E-state index >= 15 is 0 Å². The van der Waals surface area contributed by atoms with Crippen LogP contribution in [0.25, 0.3) is 10.2 Å². The van der Waals surface area contributed by atoms with Gasteiger partial charge in [0.05, 0.1) is 11.5 Å². The molecule has 1 unspecified atom stereocenters. The van der Waals surface area contributed by atoms with Gasteiger partial charge in [-0.25, -0.2) is 10.8 Å². The van der Waals surface area contributed by atoms with Crippen molar-refractivity contribution in [1.29, 1.82) is 0 Å². The van der Waals surface area contributed by atoms with Crippen molar-refractivity contribution >= 4 is 27.5 Å². The van der Waals surface area contributed by atoms with Crippen LogP contribution in [0.2, 0.25) is 0 Å². The van der Waals surface area contributed by atoms with Crippen molar-refractivity contribution in [2.45, 2.75) is 40.2 Å². The molecule has 0 aliphatic carbocycles. The van der Waals surface area contributed by atoms with E-state index in [1.54, 1.807) is 11.3 Å². The number of ether oxygens (including phenoxy) is 1. The molecule has 0 radical (unpaired) electrons. The van der Waals surface area contributed by atoms with Gasteiger partial charge in [0.25, 0.3) is 0 Å². The number of nitrogens with one attached hydrogen (secondary N) is 1. The quantitative estimate of drug-likeness (QED) is 0.650. The van der Waals surface area contributed by atoms with Crippen LogP contribution in [0.15, 0.2) is 6.07 Å². The van der Waals surface area contributed by atoms with Gasteiger partial charge in [-0.15, -0.1) is 11.3 Å². The zero-order valence-corrected chi connectivity index (χ0v) is 12.5. The molecular weight excluding hydrogens is 260 g/mol. The van der Waals surface area contributed by atoms with Gasteiger partial charge in [-0.3, -0.25) is 5.43 Å². The maximum Gasteiger partial charge on any atom is 0.241 e. The van der Waals surface area contributed by atoms with Crippen LogP contribution in [0.4, 0.5) is 5.95 Å². The van der Waals surface area contributed by atoms with Gasteiger partial charge in [-0.05, 0) is 32.3 Å². The van der Waals surface area contributed by atoms with Crippen LogP contribution in [0, 0.1) is 12.8 Å². The van der Waals surface area contributed by atoms with Gasteiger partial charge in [0.2, 0.25) is 11.8 Å². The number of hydrogen-bond acceptors (Lipinski definition) is 6. The van der Waals surface area contributed by atoms with Crippen LogP contribution in [-0.2, 0) is 0 Å². The molecule has 0 aromatic carbocycles. The Bertz CT molecular complexity index is 567. The predicted octanol–water partition coefficient (Wildman–Crippen LogP) is 3.10. The van der Waals surface area contributed by atoms with Crippen molar-refractivity contribution < 1.29 is 4.74 Å². The summed E-state index contributed by atoms with van der Waals surface area (Å²) in [5.41, 5.74) is 2.49. The molecule has 2 aromatic heterocycles. The molecule has 0 aliphatic rings. The average molecular weight is 280 g/mol. The van der Waals surface area contributed by atoms with Gasteiger partial charge < -0.3 is 4.74 Å². The summed E-state index contributed by atoms with van der Waals surface area (Å²) in [4.78, 5) is 10.7. The topological polar surface area (TPSA) is 73.1 Å². The second kappa shape index (κ2) is 5.71. The molecule has 6 heteroatoms. The normalized spacial score (nSPS) is 12.9. The molecule has 1 atom stereocenters. The number of thiophene rings is 1. The smallest absolute Gasteiger partial charge is 0.241 e. The first kappa shape index (κ1) is 14.0. The highest BCUT2D eigenvalue weighted by Gasteiger charge is 2.14. The number of aromatic nitrogens is 2. The summed E-state index contributed by atoms with van der Waals surface area (Å²) >= 11 is 1.61.